The Kier molecular flexibility index (Phi) is 4.33. The number of nitriles is 1. The van der Waals surface area contributed by atoms with Crippen molar-refractivity contribution in [2.24, 2.45) is 11.8 Å². The van der Waals surface area contributed by atoms with Crippen LogP contribution in [0.1, 0.15) is 30.6 Å². The smallest absolute Gasteiger partial charge is 0.183 e. The maximum atomic E-state index is 13.4. The van der Waals surface area contributed by atoms with Crippen LogP contribution in [0, 0.1) is 34.8 Å². The number of carbonyl (C=O) groups excluding carboxylic acids is 1. The molecule has 0 aromatic heterocycles. The zero-order valence-corrected chi connectivity index (χ0v) is 9.71. The highest BCUT2D eigenvalue weighted by Gasteiger charge is 2.24. The van der Waals surface area contributed by atoms with E-state index in [9.17, 15) is 13.6 Å². The Balaban J connectivity index is 3.03. The third-order valence-electron chi connectivity index (χ3n) is 2.40. The second kappa shape index (κ2) is 5.53. The van der Waals surface area contributed by atoms with Gasteiger partial charge >= 0.3 is 0 Å². The van der Waals surface area contributed by atoms with E-state index in [2.05, 4.69) is 0 Å². The van der Waals surface area contributed by atoms with Crippen LogP contribution in [0.4, 0.5) is 8.78 Å². The second-order valence-corrected chi connectivity index (χ2v) is 4.28. The summed E-state index contributed by atoms with van der Waals surface area (Å²) in [5.41, 5.74) is -0.350. The molecule has 1 aromatic carbocycles. The fraction of sp³-hybridized carbons (Fsp3) is 0.385. The highest BCUT2D eigenvalue weighted by molar-refractivity contribution is 5.99. The second-order valence-electron chi connectivity index (χ2n) is 4.28. The minimum Gasteiger partial charge on any atom is -0.293 e. The van der Waals surface area contributed by atoms with Crippen molar-refractivity contribution in [1.29, 1.82) is 5.26 Å². The molecule has 1 rings (SSSR count). The molecule has 0 aliphatic carbocycles. The highest BCUT2D eigenvalue weighted by Crippen LogP contribution is 2.20. The molecule has 0 saturated carbocycles. The summed E-state index contributed by atoms with van der Waals surface area (Å²) < 4.78 is 26.3. The third-order valence-corrected chi connectivity index (χ3v) is 2.40. The summed E-state index contributed by atoms with van der Waals surface area (Å²) >= 11 is 0. The minimum absolute atomic E-state index is 0.139. The Morgan fingerprint density at radius 1 is 1.41 bits per heavy atom. The van der Waals surface area contributed by atoms with Crippen molar-refractivity contribution in [3.8, 4) is 6.07 Å². The maximum Gasteiger partial charge on any atom is 0.183 e. The Bertz CT molecular complexity index is 463. The predicted octanol–water partition coefficient (Wildman–Crippen LogP) is 3.33. The molecule has 0 spiro atoms. The van der Waals surface area contributed by atoms with E-state index in [1.807, 2.05) is 19.9 Å². The van der Waals surface area contributed by atoms with E-state index in [1.54, 1.807) is 0 Å². The van der Waals surface area contributed by atoms with Crippen molar-refractivity contribution in [2.75, 3.05) is 0 Å². The number of rotatable bonds is 4. The normalized spacial score (nSPS) is 12.2. The van der Waals surface area contributed by atoms with E-state index < -0.39 is 23.3 Å². The van der Waals surface area contributed by atoms with E-state index in [0.717, 1.165) is 6.07 Å². The van der Waals surface area contributed by atoms with E-state index in [-0.39, 0.29) is 11.5 Å². The number of nitrogens with zero attached hydrogens (tertiary/aromatic N) is 1. The predicted molar refractivity (Wildman–Crippen MR) is 59.2 cm³/mol. The molecule has 0 heterocycles. The van der Waals surface area contributed by atoms with E-state index in [4.69, 9.17) is 5.26 Å². The third kappa shape index (κ3) is 3.10. The van der Waals surface area contributed by atoms with E-state index in [0.29, 0.717) is 6.42 Å². The SMILES string of the molecule is CC(C)CC(C#N)C(=O)c1cccc(F)c1F. The fourth-order valence-corrected chi connectivity index (χ4v) is 1.57. The van der Waals surface area contributed by atoms with Crippen molar-refractivity contribution in [1.82, 2.24) is 0 Å². The number of halogens is 2. The van der Waals surface area contributed by atoms with Crippen LogP contribution in [0.3, 0.4) is 0 Å². The van der Waals surface area contributed by atoms with Crippen LogP contribution in [-0.4, -0.2) is 5.78 Å². The lowest BCUT2D eigenvalue weighted by molar-refractivity contribution is 0.0931. The van der Waals surface area contributed by atoms with Gasteiger partial charge in [-0.05, 0) is 24.5 Å². The summed E-state index contributed by atoms with van der Waals surface area (Å²) in [5, 5.41) is 8.88. The molecule has 90 valence electrons. The summed E-state index contributed by atoms with van der Waals surface area (Å²) in [6.07, 6.45) is 0.339. The van der Waals surface area contributed by atoms with Crippen LogP contribution in [0.2, 0.25) is 0 Å². The number of Topliss-reactive ketones (excluding diaryl/α,β-unsaturated/α-hetero) is 1. The average Bonchev–Trinajstić information content (AvgIpc) is 2.28. The Morgan fingerprint density at radius 3 is 2.59 bits per heavy atom. The van der Waals surface area contributed by atoms with Gasteiger partial charge in [-0.1, -0.05) is 19.9 Å². The number of hydrogen-bond acceptors (Lipinski definition) is 2. The molecule has 0 bridgehead atoms. The maximum absolute atomic E-state index is 13.4. The Hall–Kier alpha value is -1.76. The first kappa shape index (κ1) is 13.3. The Labute approximate surface area is 98.9 Å². The lowest BCUT2D eigenvalue weighted by Crippen LogP contribution is -2.17. The van der Waals surface area contributed by atoms with Crippen molar-refractivity contribution in [2.45, 2.75) is 20.3 Å². The van der Waals surface area contributed by atoms with Crippen LogP contribution in [0.15, 0.2) is 18.2 Å². The highest BCUT2D eigenvalue weighted by atomic mass is 19.2. The quantitative estimate of drug-likeness (QED) is 0.753. The molecule has 0 saturated heterocycles. The van der Waals surface area contributed by atoms with Crippen LogP contribution in [0.25, 0.3) is 0 Å². The molecular formula is C13H13F2NO. The van der Waals surface area contributed by atoms with Gasteiger partial charge < -0.3 is 0 Å². The average molecular weight is 237 g/mol. The lowest BCUT2D eigenvalue weighted by Gasteiger charge is -2.11. The number of carbonyl (C=O) groups is 1. The van der Waals surface area contributed by atoms with Crippen LogP contribution in [0.5, 0.6) is 0 Å². The molecule has 0 aliphatic heterocycles. The van der Waals surface area contributed by atoms with Gasteiger partial charge in [0.25, 0.3) is 0 Å². The van der Waals surface area contributed by atoms with E-state index >= 15 is 0 Å². The summed E-state index contributed by atoms with van der Waals surface area (Å²) in [6.45, 7) is 3.72. The summed E-state index contributed by atoms with van der Waals surface area (Å²) in [7, 11) is 0. The fourth-order valence-electron chi connectivity index (χ4n) is 1.57. The van der Waals surface area contributed by atoms with Crippen LogP contribution in [-0.2, 0) is 0 Å². The topological polar surface area (TPSA) is 40.9 Å². The van der Waals surface area contributed by atoms with Gasteiger partial charge in [-0.3, -0.25) is 4.79 Å². The van der Waals surface area contributed by atoms with Gasteiger partial charge in [0.1, 0.15) is 5.92 Å². The molecule has 0 radical (unpaired) electrons. The molecule has 17 heavy (non-hydrogen) atoms. The molecule has 1 aromatic rings. The van der Waals surface area contributed by atoms with E-state index in [1.165, 1.54) is 12.1 Å². The zero-order valence-electron chi connectivity index (χ0n) is 9.71. The largest absolute Gasteiger partial charge is 0.293 e. The van der Waals surface area contributed by atoms with Crippen molar-refractivity contribution in [3.63, 3.8) is 0 Å². The summed E-state index contributed by atoms with van der Waals surface area (Å²) in [6, 6.07) is 5.24. The number of ketones is 1. The van der Waals surface area contributed by atoms with Crippen LogP contribution < -0.4 is 0 Å². The van der Waals surface area contributed by atoms with Gasteiger partial charge in [-0.25, -0.2) is 8.78 Å². The number of benzene rings is 1. The van der Waals surface area contributed by atoms with Gasteiger partial charge in [-0.15, -0.1) is 0 Å². The summed E-state index contributed by atoms with van der Waals surface area (Å²) in [5.74, 6) is -3.69. The first-order valence-electron chi connectivity index (χ1n) is 5.35. The Morgan fingerprint density at radius 2 is 2.06 bits per heavy atom. The van der Waals surface area contributed by atoms with Gasteiger partial charge in [-0.2, -0.15) is 5.26 Å². The first-order valence-corrected chi connectivity index (χ1v) is 5.35. The number of hydrogen-bond donors (Lipinski definition) is 0. The minimum atomic E-state index is -1.18. The molecule has 0 fully saturated rings. The summed E-state index contributed by atoms with van der Waals surface area (Å²) in [4.78, 5) is 11.9. The molecule has 2 nitrogen and oxygen atoms in total. The standard InChI is InChI=1S/C13H13F2NO/c1-8(2)6-9(7-16)13(17)10-4-3-5-11(14)12(10)15/h3-5,8-9H,6H2,1-2H3. The van der Waals surface area contributed by atoms with Gasteiger partial charge in [0.2, 0.25) is 0 Å². The molecule has 0 amide bonds. The molecule has 4 heteroatoms. The monoisotopic (exact) mass is 237 g/mol. The van der Waals surface area contributed by atoms with Crippen LogP contribution >= 0.6 is 0 Å². The van der Waals surface area contributed by atoms with Gasteiger partial charge in [0, 0.05) is 0 Å². The van der Waals surface area contributed by atoms with Crippen molar-refractivity contribution < 1.29 is 13.6 Å². The molecule has 0 aliphatic rings. The van der Waals surface area contributed by atoms with Crippen molar-refractivity contribution >= 4 is 5.78 Å². The lowest BCUT2D eigenvalue weighted by atomic mass is 9.90. The van der Waals surface area contributed by atoms with Gasteiger partial charge in [0.15, 0.2) is 17.4 Å². The van der Waals surface area contributed by atoms with Gasteiger partial charge in [0.05, 0.1) is 11.6 Å². The first-order chi connectivity index (χ1) is 7.97. The molecule has 0 N–H and O–H groups in total. The molecular weight excluding hydrogens is 224 g/mol. The molecule has 1 unspecified atom stereocenters. The zero-order chi connectivity index (χ0) is 13.0. The molecule has 1 atom stereocenters. The van der Waals surface area contributed by atoms with Crippen molar-refractivity contribution in [3.05, 3.63) is 35.4 Å².